The van der Waals surface area contributed by atoms with Crippen LogP contribution in [0.1, 0.15) is 97.5 Å². The molecule has 1 spiro atoms. The van der Waals surface area contributed by atoms with Crippen molar-refractivity contribution in [2.75, 3.05) is 4.90 Å². The Morgan fingerprint density at radius 2 is 0.829 bits per heavy atom. The van der Waals surface area contributed by atoms with Crippen molar-refractivity contribution in [3.8, 4) is 33.8 Å². The van der Waals surface area contributed by atoms with E-state index in [-0.39, 0.29) is 16.7 Å². The number of para-hydroxylation sites is 2. The van der Waals surface area contributed by atoms with Gasteiger partial charge in [0.1, 0.15) is 11.5 Å². The quantitative estimate of drug-likeness (QED) is 0.116. The van der Waals surface area contributed by atoms with Crippen molar-refractivity contribution < 1.29 is 4.74 Å². The second kappa shape index (κ2) is 18.8. The Bertz CT molecular complexity index is 4620. The van der Waals surface area contributed by atoms with Gasteiger partial charge in [-0.05, 0) is 170 Å². The molecule has 0 saturated carbocycles. The van der Waals surface area contributed by atoms with E-state index < -0.39 is 5.41 Å². The average molecular weight is 1050 g/mol. The molecule has 0 saturated heterocycles. The number of ether oxygens (including phenoxy) is 1. The third-order valence-electron chi connectivity index (χ3n) is 17.9. The molecule has 13 aromatic rings. The molecule has 1 aliphatic heterocycles. The van der Waals surface area contributed by atoms with Gasteiger partial charge in [0.25, 0.3) is 0 Å². The van der Waals surface area contributed by atoms with E-state index in [9.17, 15) is 0 Å². The van der Waals surface area contributed by atoms with Crippen molar-refractivity contribution in [1.29, 1.82) is 0 Å². The van der Waals surface area contributed by atoms with E-state index in [1.165, 1.54) is 104 Å². The molecule has 0 N–H and O–H groups in total. The Morgan fingerprint density at radius 3 is 1.48 bits per heavy atom. The van der Waals surface area contributed by atoms with Crippen LogP contribution in [-0.4, -0.2) is 0 Å². The molecule has 13 aromatic carbocycles. The second-order valence-electron chi connectivity index (χ2n) is 24.8. The number of hydrogen-bond acceptors (Lipinski definition) is 2. The van der Waals surface area contributed by atoms with Gasteiger partial charge in [-0.2, -0.15) is 0 Å². The number of benzene rings is 13. The zero-order valence-corrected chi connectivity index (χ0v) is 47.3. The fourth-order valence-corrected chi connectivity index (χ4v) is 13.8. The van der Waals surface area contributed by atoms with E-state index >= 15 is 0 Å². The summed E-state index contributed by atoms with van der Waals surface area (Å²) in [7, 11) is 0. The SMILES string of the molecule is CC(C)(C)c1ccc(C(c2ccc(-c3ccc4c(c3)C3(c5ccccc5Oc5ccccc53)c3c-4c4ccccc4c4cc(N(c5ccc(C(C)(C)C)cc5)c5ccc6ccccc6c5)ccc34)cc2)c2ccc3ccccc3c2)cc1. The van der Waals surface area contributed by atoms with Crippen molar-refractivity contribution in [3.63, 3.8) is 0 Å². The highest BCUT2D eigenvalue weighted by Crippen LogP contribution is 2.65. The lowest BCUT2D eigenvalue weighted by Gasteiger charge is -2.40. The number of nitrogens with zero attached hydrogens (tertiary/aromatic N) is 1. The Hall–Kier alpha value is -9.50. The minimum absolute atomic E-state index is 0.0250. The second-order valence-corrected chi connectivity index (χ2v) is 24.8. The van der Waals surface area contributed by atoms with Gasteiger partial charge in [0.2, 0.25) is 0 Å². The Kier molecular flexibility index (Phi) is 11.4. The fourth-order valence-electron chi connectivity index (χ4n) is 13.8. The maximum atomic E-state index is 6.97. The van der Waals surface area contributed by atoms with Gasteiger partial charge in [-0.25, -0.2) is 0 Å². The van der Waals surface area contributed by atoms with E-state index in [0.29, 0.717) is 0 Å². The van der Waals surface area contributed by atoms with Crippen LogP contribution in [0.5, 0.6) is 11.5 Å². The number of anilines is 3. The van der Waals surface area contributed by atoms with Crippen LogP contribution in [0.15, 0.2) is 267 Å². The van der Waals surface area contributed by atoms with Crippen molar-refractivity contribution in [1.82, 2.24) is 0 Å². The normalized spacial score (nSPS) is 13.6. The van der Waals surface area contributed by atoms with Gasteiger partial charge in [0.15, 0.2) is 0 Å². The lowest BCUT2D eigenvalue weighted by atomic mass is 9.64. The van der Waals surface area contributed by atoms with Crippen LogP contribution < -0.4 is 9.64 Å². The van der Waals surface area contributed by atoms with Crippen LogP contribution in [0.2, 0.25) is 0 Å². The zero-order valence-electron chi connectivity index (χ0n) is 47.3. The van der Waals surface area contributed by atoms with Crippen molar-refractivity contribution >= 4 is 60.2 Å². The Labute approximate surface area is 481 Å². The summed E-state index contributed by atoms with van der Waals surface area (Å²) in [5.74, 6) is 1.81. The molecular weight excluding hydrogens is 991 g/mol. The van der Waals surface area contributed by atoms with Crippen LogP contribution in [0.25, 0.3) is 65.3 Å². The summed E-state index contributed by atoms with van der Waals surface area (Å²) in [6.07, 6.45) is 0. The van der Waals surface area contributed by atoms with Crippen molar-refractivity contribution in [2.45, 2.75) is 63.7 Å². The monoisotopic (exact) mass is 1050 g/mol. The predicted molar refractivity (Wildman–Crippen MR) is 345 cm³/mol. The molecule has 0 fully saturated rings. The van der Waals surface area contributed by atoms with Crippen LogP contribution in [0, 0.1) is 0 Å². The standard InChI is InChI=1S/C80H63NO/c1-78(2,3)60-37-33-55(34-38-60)75(59-32-29-51-17-7-9-19-56(51)47-59)54-30-27-53(28-31-54)58-36-45-68-72(49-58)80(70-23-13-15-25-73(70)82-74-26-16-14-24-71(74)80)77-67-46-44-64(50-69(67)65-21-11-12-22-66(65)76(68)77)81(62-42-39-61(40-43-62)79(4,5)6)63-41-35-52-18-8-10-20-57(52)48-63/h7-50,75H,1-6H3. The molecular formula is C80H63NO. The van der Waals surface area contributed by atoms with Crippen LogP contribution in [0.4, 0.5) is 17.1 Å². The molecule has 0 amide bonds. The summed E-state index contributed by atoms with van der Waals surface area (Å²) in [5.41, 5.74) is 18.9. The van der Waals surface area contributed by atoms with E-state index in [1.807, 2.05) is 0 Å². The number of fused-ring (bicyclic) bond motifs is 16. The molecule has 1 atom stereocenters. The summed E-state index contributed by atoms with van der Waals surface area (Å²) in [6, 6.07) is 100. The molecule has 2 aliphatic rings. The maximum absolute atomic E-state index is 6.97. The molecule has 1 unspecified atom stereocenters. The van der Waals surface area contributed by atoms with Gasteiger partial charge in [0.05, 0.1) is 5.41 Å². The topological polar surface area (TPSA) is 12.5 Å². The third kappa shape index (κ3) is 7.91. The first kappa shape index (κ1) is 49.5. The molecule has 0 bridgehead atoms. The van der Waals surface area contributed by atoms with Crippen LogP contribution >= 0.6 is 0 Å². The number of hydrogen-bond donors (Lipinski definition) is 0. The smallest absolute Gasteiger partial charge is 0.132 e. The van der Waals surface area contributed by atoms with E-state index in [0.717, 1.165) is 39.7 Å². The first-order valence-electron chi connectivity index (χ1n) is 29.0. The Balaban J connectivity index is 0.931. The zero-order chi connectivity index (χ0) is 55.5. The van der Waals surface area contributed by atoms with Gasteiger partial charge < -0.3 is 9.64 Å². The number of rotatable bonds is 7. The highest BCUT2D eigenvalue weighted by Gasteiger charge is 2.52. The van der Waals surface area contributed by atoms with E-state index in [2.05, 4.69) is 313 Å². The van der Waals surface area contributed by atoms with Crippen LogP contribution in [-0.2, 0) is 16.2 Å². The molecule has 0 aromatic heterocycles. The first-order valence-corrected chi connectivity index (χ1v) is 29.0. The lowest BCUT2D eigenvalue weighted by molar-refractivity contribution is 0.437. The van der Waals surface area contributed by atoms with E-state index in [1.54, 1.807) is 0 Å². The highest BCUT2D eigenvalue weighted by atomic mass is 16.5. The van der Waals surface area contributed by atoms with Crippen LogP contribution in [0.3, 0.4) is 0 Å². The lowest BCUT2D eigenvalue weighted by Crippen LogP contribution is -2.32. The van der Waals surface area contributed by atoms with Crippen molar-refractivity contribution in [3.05, 3.63) is 317 Å². The molecule has 1 aliphatic carbocycles. The first-order chi connectivity index (χ1) is 39.9. The molecule has 82 heavy (non-hydrogen) atoms. The molecule has 2 nitrogen and oxygen atoms in total. The Morgan fingerprint density at radius 1 is 0.341 bits per heavy atom. The van der Waals surface area contributed by atoms with E-state index in [4.69, 9.17) is 4.74 Å². The van der Waals surface area contributed by atoms with Gasteiger partial charge in [-0.15, -0.1) is 0 Å². The van der Waals surface area contributed by atoms with Gasteiger partial charge in [-0.1, -0.05) is 254 Å². The minimum Gasteiger partial charge on any atom is -0.457 e. The van der Waals surface area contributed by atoms with Crippen molar-refractivity contribution in [2.24, 2.45) is 0 Å². The summed E-state index contributed by atoms with van der Waals surface area (Å²) in [4.78, 5) is 2.44. The van der Waals surface area contributed by atoms with Gasteiger partial charge >= 0.3 is 0 Å². The minimum atomic E-state index is -0.725. The summed E-state index contributed by atoms with van der Waals surface area (Å²) >= 11 is 0. The molecule has 0 radical (unpaired) electrons. The van der Waals surface area contributed by atoms with Gasteiger partial charge in [0, 0.05) is 34.1 Å². The molecule has 394 valence electrons. The fraction of sp³-hybridized carbons (Fsp3) is 0.125. The predicted octanol–water partition coefficient (Wildman–Crippen LogP) is 21.7. The summed E-state index contributed by atoms with van der Waals surface area (Å²) < 4.78 is 6.97. The third-order valence-corrected chi connectivity index (χ3v) is 17.9. The average Bonchev–Trinajstić information content (AvgIpc) is 1.66. The largest absolute Gasteiger partial charge is 0.457 e. The summed E-state index contributed by atoms with van der Waals surface area (Å²) in [6.45, 7) is 13.7. The summed E-state index contributed by atoms with van der Waals surface area (Å²) in [5, 5.41) is 9.83. The molecule has 2 heteroatoms. The van der Waals surface area contributed by atoms with Gasteiger partial charge in [-0.3, -0.25) is 0 Å². The molecule has 15 rings (SSSR count). The molecule has 1 heterocycles. The highest BCUT2D eigenvalue weighted by molar-refractivity contribution is 6.20. The maximum Gasteiger partial charge on any atom is 0.132 e.